The second-order valence-electron chi connectivity index (χ2n) is 7.79. The van der Waals surface area contributed by atoms with Gasteiger partial charge < -0.3 is 19.7 Å². The van der Waals surface area contributed by atoms with Crippen molar-refractivity contribution in [1.82, 2.24) is 0 Å². The number of fused-ring (bicyclic) bond motifs is 1. The molecule has 28 heavy (non-hydrogen) atoms. The Kier molecular flexibility index (Phi) is 5.31. The molecule has 0 saturated heterocycles. The van der Waals surface area contributed by atoms with Crippen LogP contribution in [0.3, 0.4) is 0 Å². The summed E-state index contributed by atoms with van der Waals surface area (Å²) in [5.74, 6) is 0.604. The zero-order valence-electron chi connectivity index (χ0n) is 17.0. The van der Waals surface area contributed by atoms with Crippen LogP contribution < -0.4 is 19.7 Å². The Hall–Kier alpha value is -3.02. The van der Waals surface area contributed by atoms with Gasteiger partial charge in [0, 0.05) is 23.3 Å². The SMILES string of the molecule is COc1cccc(OC)c1C(=O)Nc1ccc2c(c1)N(C(=O)C(C)(C)C)CC2. The highest BCUT2D eigenvalue weighted by Gasteiger charge is 2.32. The van der Waals surface area contributed by atoms with Crippen LogP contribution in [0.5, 0.6) is 11.5 Å². The van der Waals surface area contributed by atoms with E-state index in [1.807, 2.05) is 39.0 Å². The Morgan fingerprint density at radius 3 is 2.25 bits per heavy atom. The molecule has 0 saturated carbocycles. The van der Waals surface area contributed by atoms with Crippen molar-refractivity contribution in [3.63, 3.8) is 0 Å². The van der Waals surface area contributed by atoms with Crippen molar-refractivity contribution >= 4 is 23.2 Å². The van der Waals surface area contributed by atoms with Crippen LogP contribution >= 0.6 is 0 Å². The first kappa shape index (κ1) is 19.7. The third-order valence-electron chi connectivity index (χ3n) is 4.78. The van der Waals surface area contributed by atoms with Gasteiger partial charge in [-0.15, -0.1) is 0 Å². The maximum absolute atomic E-state index is 12.9. The van der Waals surface area contributed by atoms with Crippen LogP contribution in [0.1, 0.15) is 36.7 Å². The van der Waals surface area contributed by atoms with E-state index in [9.17, 15) is 9.59 Å². The van der Waals surface area contributed by atoms with E-state index >= 15 is 0 Å². The molecule has 2 aromatic carbocycles. The maximum Gasteiger partial charge on any atom is 0.263 e. The molecule has 1 aliphatic rings. The number of hydrogen-bond donors (Lipinski definition) is 1. The molecular formula is C22H26N2O4. The van der Waals surface area contributed by atoms with Crippen molar-refractivity contribution in [1.29, 1.82) is 0 Å². The molecule has 2 aromatic rings. The second kappa shape index (κ2) is 7.54. The fraction of sp³-hybridized carbons (Fsp3) is 0.364. The smallest absolute Gasteiger partial charge is 0.263 e. The molecule has 0 unspecified atom stereocenters. The van der Waals surface area contributed by atoms with Crippen LogP contribution in [-0.4, -0.2) is 32.6 Å². The Labute approximate surface area is 165 Å². The molecule has 1 aliphatic heterocycles. The fourth-order valence-electron chi connectivity index (χ4n) is 3.34. The Morgan fingerprint density at radius 1 is 1.04 bits per heavy atom. The van der Waals surface area contributed by atoms with Crippen molar-refractivity contribution in [2.45, 2.75) is 27.2 Å². The number of carbonyl (C=O) groups is 2. The van der Waals surface area contributed by atoms with Gasteiger partial charge in [0.2, 0.25) is 5.91 Å². The molecule has 2 amide bonds. The quantitative estimate of drug-likeness (QED) is 0.871. The molecule has 6 nitrogen and oxygen atoms in total. The summed E-state index contributed by atoms with van der Waals surface area (Å²) in [6.07, 6.45) is 0.811. The highest BCUT2D eigenvalue weighted by atomic mass is 16.5. The first-order valence-electron chi connectivity index (χ1n) is 9.23. The van der Waals surface area contributed by atoms with Gasteiger partial charge in [0.15, 0.2) is 0 Å². The van der Waals surface area contributed by atoms with Crippen LogP contribution in [0.4, 0.5) is 11.4 Å². The van der Waals surface area contributed by atoms with Crippen molar-refractivity contribution in [2.24, 2.45) is 5.41 Å². The third kappa shape index (κ3) is 3.67. The standard InChI is InChI=1S/C22H26N2O4/c1-22(2,3)21(26)24-12-11-14-9-10-15(13-16(14)24)23-20(25)19-17(27-4)7-6-8-18(19)28-5/h6-10,13H,11-12H2,1-5H3,(H,23,25). The van der Waals surface area contributed by atoms with E-state index in [-0.39, 0.29) is 11.8 Å². The summed E-state index contributed by atoms with van der Waals surface area (Å²) >= 11 is 0. The van der Waals surface area contributed by atoms with Crippen LogP contribution in [0.2, 0.25) is 0 Å². The average molecular weight is 382 g/mol. The average Bonchev–Trinajstić information content (AvgIpc) is 3.08. The number of rotatable bonds is 4. The summed E-state index contributed by atoms with van der Waals surface area (Å²) < 4.78 is 10.6. The normalized spacial score (nSPS) is 13.1. The van der Waals surface area contributed by atoms with Gasteiger partial charge in [-0.05, 0) is 36.2 Å². The van der Waals surface area contributed by atoms with Gasteiger partial charge in [0.1, 0.15) is 17.1 Å². The van der Waals surface area contributed by atoms with Gasteiger partial charge >= 0.3 is 0 Å². The van der Waals surface area contributed by atoms with E-state index in [1.165, 1.54) is 14.2 Å². The maximum atomic E-state index is 12.9. The highest BCUT2D eigenvalue weighted by Crippen LogP contribution is 2.35. The van der Waals surface area contributed by atoms with Gasteiger partial charge in [0.05, 0.1) is 14.2 Å². The van der Waals surface area contributed by atoms with Gasteiger partial charge in [-0.1, -0.05) is 32.9 Å². The number of anilines is 2. The number of amides is 2. The summed E-state index contributed by atoms with van der Waals surface area (Å²) in [5, 5.41) is 2.90. The molecule has 148 valence electrons. The number of carbonyl (C=O) groups excluding carboxylic acids is 2. The lowest BCUT2D eigenvalue weighted by atomic mass is 9.94. The molecule has 6 heteroatoms. The third-order valence-corrected chi connectivity index (χ3v) is 4.78. The van der Waals surface area contributed by atoms with Crippen LogP contribution in [-0.2, 0) is 11.2 Å². The number of nitrogens with zero attached hydrogens (tertiary/aromatic N) is 1. The van der Waals surface area contributed by atoms with E-state index in [1.54, 1.807) is 23.1 Å². The number of methoxy groups -OCH3 is 2. The minimum Gasteiger partial charge on any atom is -0.496 e. The summed E-state index contributed by atoms with van der Waals surface area (Å²) in [5.41, 5.74) is 2.43. The molecule has 0 atom stereocenters. The minimum atomic E-state index is -0.467. The van der Waals surface area contributed by atoms with Crippen LogP contribution in [0.25, 0.3) is 0 Å². The summed E-state index contributed by atoms with van der Waals surface area (Å²) in [7, 11) is 3.02. The summed E-state index contributed by atoms with van der Waals surface area (Å²) in [4.78, 5) is 27.5. The lowest BCUT2D eigenvalue weighted by Gasteiger charge is -2.26. The Bertz CT molecular complexity index is 893. The van der Waals surface area contributed by atoms with Gasteiger partial charge in [-0.25, -0.2) is 0 Å². The molecule has 0 spiro atoms. The lowest BCUT2D eigenvalue weighted by molar-refractivity contribution is -0.125. The molecule has 1 heterocycles. The van der Waals surface area contributed by atoms with Crippen molar-refractivity contribution < 1.29 is 19.1 Å². The number of hydrogen-bond acceptors (Lipinski definition) is 4. The van der Waals surface area contributed by atoms with E-state index in [2.05, 4.69) is 5.32 Å². The van der Waals surface area contributed by atoms with Crippen LogP contribution in [0.15, 0.2) is 36.4 Å². The molecule has 1 N–H and O–H groups in total. The van der Waals surface area contributed by atoms with E-state index in [0.29, 0.717) is 29.3 Å². The monoisotopic (exact) mass is 382 g/mol. The summed E-state index contributed by atoms with van der Waals surface area (Å²) in [6.45, 7) is 6.38. The van der Waals surface area contributed by atoms with E-state index in [0.717, 1.165) is 17.7 Å². The molecule has 0 fully saturated rings. The number of benzene rings is 2. The van der Waals surface area contributed by atoms with Crippen molar-refractivity contribution in [2.75, 3.05) is 31.0 Å². The predicted molar refractivity (Wildman–Crippen MR) is 109 cm³/mol. The Balaban J connectivity index is 1.90. The predicted octanol–water partition coefficient (Wildman–Crippen LogP) is 3.89. The zero-order chi connectivity index (χ0) is 20.5. The van der Waals surface area contributed by atoms with Crippen molar-refractivity contribution in [3.8, 4) is 11.5 Å². The highest BCUT2D eigenvalue weighted by molar-refractivity contribution is 6.09. The minimum absolute atomic E-state index is 0.0705. The van der Waals surface area contributed by atoms with Gasteiger partial charge in [-0.2, -0.15) is 0 Å². The second-order valence-corrected chi connectivity index (χ2v) is 7.79. The molecule has 0 bridgehead atoms. The first-order valence-corrected chi connectivity index (χ1v) is 9.23. The van der Waals surface area contributed by atoms with Gasteiger partial charge in [0.25, 0.3) is 5.91 Å². The Morgan fingerprint density at radius 2 is 1.68 bits per heavy atom. The fourth-order valence-corrected chi connectivity index (χ4v) is 3.34. The first-order chi connectivity index (χ1) is 13.3. The zero-order valence-corrected chi connectivity index (χ0v) is 17.0. The molecular weight excluding hydrogens is 356 g/mol. The molecule has 0 radical (unpaired) electrons. The molecule has 0 aromatic heterocycles. The van der Waals surface area contributed by atoms with Gasteiger partial charge in [-0.3, -0.25) is 9.59 Å². The number of ether oxygens (including phenoxy) is 2. The van der Waals surface area contributed by atoms with Crippen molar-refractivity contribution in [3.05, 3.63) is 47.5 Å². The number of nitrogens with one attached hydrogen (secondary N) is 1. The molecule has 3 rings (SSSR count). The molecule has 0 aliphatic carbocycles. The lowest BCUT2D eigenvalue weighted by Crippen LogP contribution is -2.38. The summed E-state index contributed by atoms with van der Waals surface area (Å²) in [6, 6.07) is 10.9. The van der Waals surface area contributed by atoms with E-state index < -0.39 is 5.41 Å². The van der Waals surface area contributed by atoms with Crippen LogP contribution in [0, 0.1) is 5.41 Å². The topological polar surface area (TPSA) is 67.9 Å². The largest absolute Gasteiger partial charge is 0.496 e. The van der Waals surface area contributed by atoms with E-state index in [4.69, 9.17) is 9.47 Å².